The molecule has 3 rings (SSSR count). The first-order valence-electron chi connectivity index (χ1n) is 10.4. The van der Waals surface area contributed by atoms with Crippen molar-refractivity contribution in [3.63, 3.8) is 0 Å². The van der Waals surface area contributed by atoms with Crippen LogP contribution in [0.5, 0.6) is 0 Å². The molecule has 0 aliphatic carbocycles. The number of aromatic nitrogens is 3. The van der Waals surface area contributed by atoms with Crippen LogP contribution >= 0.6 is 11.8 Å². The first-order valence-corrected chi connectivity index (χ1v) is 11.4. The Bertz CT molecular complexity index is 769. The zero-order valence-corrected chi connectivity index (χ0v) is 18.6. The Kier molecular flexibility index (Phi) is 8.22. The summed E-state index contributed by atoms with van der Waals surface area (Å²) >= 11 is 2.06. The molecule has 1 atom stereocenters. The lowest BCUT2D eigenvalue weighted by molar-refractivity contribution is 0.697. The molecule has 8 heteroatoms. The van der Waals surface area contributed by atoms with E-state index in [1.165, 1.54) is 24.3 Å². The van der Waals surface area contributed by atoms with Crippen LogP contribution in [0.2, 0.25) is 0 Å². The van der Waals surface area contributed by atoms with Crippen LogP contribution in [0.25, 0.3) is 0 Å². The maximum Gasteiger partial charge on any atom is 0.191 e. The number of guanidine groups is 1. The second kappa shape index (κ2) is 11.1. The summed E-state index contributed by atoms with van der Waals surface area (Å²) < 4.78 is 1.99. The Labute approximate surface area is 178 Å². The molecular weight excluding hydrogens is 382 g/mol. The average molecular weight is 416 g/mol. The molecule has 0 amide bonds. The van der Waals surface area contributed by atoms with Crippen LogP contribution < -0.4 is 15.5 Å². The van der Waals surface area contributed by atoms with Gasteiger partial charge in [0.05, 0.1) is 0 Å². The average Bonchev–Trinajstić information content (AvgIpc) is 3.38. The van der Waals surface area contributed by atoms with Gasteiger partial charge < -0.3 is 20.1 Å². The van der Waals surface area contributed by atoms with Crippen LogP contribution in [0, 0.1) is 6.92 Å². The van der Waals surface area contributed by atoms with Crippen molar-refractivity contribution in [2.45, 2.75) is 38.0 Å². The number of nitrogens with one attached hydrogen (secondary N) is 2. The molecule has 1 aromatic carbocycles. The van der Waals surface area contributed by atoms with Crippen molar-refractivity contribution in [2.24, 2.45) is 12.0 Å². The van der Waals surface area contributed by atoms with E-state index in [9.17, 15) is 0 Å². The van der Waals surface area contributed by atoms with Gasteiger partial charge in [-0.3, -0.25) is 0 Å². The zero-order chi connectivity index (χ0) is 20.5. The molecule has 2 N–H and O–H groups in total. The smallest absolute Gasteiger partial charge is 0.191 e. The van der Waals surface area contributed by atoms with Gasteiger partial charge in [0.25, 0.3) is 0 Å². The molecule has 0 spiro atoms. The lowest BCUT2D eigenvalue weighted by atomic mass is 10.2. The second-order valence-electron chi connectivity index (χ2n) is 7.44. The van der Waals surface area contributed by atoms with Crippen molar-refractivity contribution in [1.82, 2.24) is 25.4 Å². The van der Waals surface area contributed by atoms with Crippen molar-refractivity contribution in [1.29, 1.82) is 0 Å². The molecule has 0 radical (unpaired) electrons. The molecular formula is C21H33N7S. The summed E-state index contributed by atoms with van der Waals surface area (Å²) in [4.78, 5) is 7.03. The largest absolute Gasteiger partial charge is 0.375 e. The predicted molar refractivity (Wildman–Crippen MR) is 123 cm³/mol. The summed E-state index contributed by atoms with van der Waals surface area (Å²) in [6.07, 6.45) is 3.64. The minimum Gasteiger partial charge on any atom is -0.375 e. The molecule has 158 valence electrons. The van der Waals surface area contributed by atoms with Crippen LogP contribution in [-0.4, -0.2) is 58.4 Å². The zero-order valence-electron chi connectivity index (χ0n) is 17.8. The normalized spacial score (nSPS) is 16.8. The summed E-state index contributed by atoms with van der Waals surface area (Å²) in [5, 5.41) is 16.0. The van der Waals surface area contributed by atoms with Crippen LogP contribution in [0.3, 0.4) is 0 Å². The van der Waals surface area contributed by atoms with Gasteiger partial charge in [-0.2, -0.15) is 11.8 Å². The number of anilines is 1. The van der Waals surface area contributed by atoms with E-state index in [1.807, 2.05) is 18.5 Å². The van der Waals surface area contributed by atoms with Gasteiger partial charge in [0.15, 0.2) is 11.8 Å². The van der Waals surface area contributed by atoms with Crippen molar-refractivity contribution >= 4 is 23.4 Å². The predicted octanol–water partition coefficient (Wildman–Crippen LogP) is 2.58. The van der Waals surface area contributed by atoms with E-state index >= 15 is 0 Å². The molecule has 0 saturated carbocycles. The van der Waals surface area contributed by atoms with Gasteiger partial charge in [-0.15, -0.1) is 10.2 Å². The highest BCUT2D eigenvalue weighted by Crippen LogP contribution is 2.25. The number of rotatable bonds is 9. The molecule has 1 aliphatic rings. The lowest BCUT2D eigenvalue weighted by Crippen LogP contribution is -2.41. The van der Waals surface area contributed by atoms with Crippen LogP contribution in [0.4, 0.5) is 5.69 Å². The third-order valence-electron chi connectivity index (χ3n) is 5.24. The van der Waals surface area contributed by atoms with Crippen LogP contribution in [0.1, 0.15) is 30.9 Å². The standard InChI is InChI=1S/C21H33N7S/c1-17-25-26-20(28(17)3)16-24-21(23-15-19-11-7-14-29-19)22-12-8-13-27(2)18-9-5-4-6-10-18/h4-6,9-10,19H,7-8,11-16H2,1-3H3,(H2,22,23,24). The molecule has 1 fully saturated rings. The number of aliphatic imine (C=N–C) groups is 1. The van der Waals surface area contributed by atoms with E-state index in [-0.39, 0.29) is 0 Å². The molecule has 1 aromatic heterocycles. The first kappa shape index (κ1) is 21.5. The van der Waals surface area contributed by atoms with Gasteiger partial charge in [-0.1, -0.05) is 18.2 Å². The number of para-hydroxylation sites is 1. The third kappa shape index (κ3) is 6.66. The van der Waals surface area contributed by atoms with Crippen molar-refractivity contribution < 1.29 is 0 Å². The fourth-order valence-electron chi connectivity index (χ4n) is 3.26. The highest BCUT2D eigenvalue weighted by Gasteiger charge is 2.15. The second-order valence-corrected chi connectivity index (χ2v) is 8.85. The van der Waals surface area contributed by atoms with Crippen molar-refractivity contribution in [2.75, 3.05) is 37.3 Å². The van der Waals surface area contributed by atoms with Crippen molar-refractivity contribution in [3.8, 4) is 0 Å². The Hall–Kier alpha value is -2.22. The van der Waals surface area contributed by atoms with E-state index in [0.29, 0.717) is 11.8 Å². The molecule has 1 aliphatic heterocycles. The summed E-state index contributed by atoms with van der Waals surface area (Å²) in [5.74, 6) is 3.92. The minimum absolute atomic E-state index is 0.522. The van der Waals surface area contributed by atoms with E-state index in [2.05, 4.69) is 74.9 Å². The number of aryl methyl sites for hydroxylation is 1. The number of benzene rings is 1. The summed E-state index contributed by atoms with van der Waals surface area (Å²) in [6.45, 7) is 5.30. The fourth-order valence-corrected chi connectivity index (χ4v) is 4.46. The molecule has 1 unspecified atom stereocenters. The number of thioether (sulfide) groups is 1. The number of hydrogen-bond acceptors (Lipinski definition) is 5. The van der Waals surface area contributed by atoms with Crippen LogP contribution in [0.15, 0.2) is 35.3 Å². The Morgan fingerprint density at radius 3 is 2.79 bits per heavy atom. The SMILES string of the molecule is Cc1nnc(CN=C(NCCCN(C)c2ccccc2)NCC2CCCS2)n1C. The minimum atomic E-state index is 0.522. The quantitative estimate of drug-likeness (QED) is 0.373. The maximum atomic E-state index is 4.75. The highest BCUT2D eigenvalue weighted by molar-refractivity contribution is 8.00. The highest BCUT2D eigenvalue weighted by atomic mass is 32.2. The molecule has 0 bridgehead atoms. The van der Waals surface area contributed by atoms with Crippen molar-refractivity contribution in [3.05, 3.63) is 42.0 Å². The Balaban J connectivity index is 1.49. The van der Waals surface area contributed by atoms with Gasteiger partial charge in [0.2, 0.25) is 0 Å². The lowest BCUT2D eigenvalue weighted by Gasteiger charge is -2.20. The van der Waals surface area contributed by atoms with Crippen LogP contribution in [-0.2, 0) is 13.6 Å². The van der Waals surface area contributed by atoms with E-state index in [1.54, 1.807) is 0 Å². The Morgan fingerprint density at radius 1 is 1.28 bits per heavy atom. The number of hydrogen-bond donors (Lipinski definition) is 2. The summed E-state index contributed by atoms with van der Waals surface area (Å²) in [7, 11) is 4.12. The molecule has 1 saturated heterocycles. The topological polar surface area (TPSA) is 70.4 Å². The van der Waals surface area contributed by atoms with Gasteiger partial charge in [0, 0.05) is 44.7 Å². The van der Waals surface area contributed by atoms with Gasteiger partial charge in [-0.25, -0.2) is 4.99 Å². The van der Waals surface area contributed by atoms with Gasteiger partial charge in [-0.05, 0) is 44.1 Å². The number of nitrogens with zero attached hydrogens (tertiary/aromatic N) is 5. The molecule has 29 heavy (non-hydrogen) atoms. The summed E-state index contributed by atoms with van der Waals surface area (Å²) in [6, 6.07) is 10.5. The Morgan fingerprint density at radius 2 is 2.10 bits per heavy atom. The fraction of sp³-hybridized carbons (Fsp3) is 0.571. The first-order chi connectivity index (χ1) is 14.1. The third-order valence-corrected chi connectivity index (χ3v) is 6.64. The van der Waals surface area contributed by atoms with E-state index in [4.69, 9.17) is 4.99 Å². The van der Waals surface area contributed by atoms with E-state index in [0.717, 1.165) is 43.7 Å². The molecule has 2 aromatic rings. The molecule has 7 nitrogen and oxygen atoms in total. The van der Waals surface area contributed by atoms with Gasteiger partial charge >= 0.3 is 0 Å². The molecule has 2 heterocycles. The monoisotopic (exact) mass is 415 g/mol. The van der Waals surface area contributed by atoms with E-state index < -0.39 is 0 Å². The maximum absolute atomic E-state index is 4.75. The summed E-state index contributed by atoms with van der Waals surface area (Å²) in [5.41, 5.74) is 1.25. The van der Waals surface area contributed by atoms with Gasteiger partial charge in [0.1, 0.15) is 12.4 Å².